The topological polar surface area (TPSA) is 272 Å². The molecule has 17 heteroatoms. The van der Waals surface area contributed by atoms with E-state index in [1.807, 2.05) is 6.92 Å². The van der Waals surface area contributed by atoms with E-state index in [2.05, 4.69) is 13.5 Å². The molecule has 0 amide bonds. The molecule has 3 aliphatic carbocycles. The Morgan fingerprint density at radius 1 is 0.776 bits per heavy atom. The number of esters is 1. The molecule has 0 bridgehead atoms. The predicted molar refractivity (Wildman–Crippen MR) is 200 cm³/mol. The molecule has 6 fully saturated rings. The summed E-state index contributed by atoms with van der Waals surface area (Å²) in [7, 11) is 0. The molecular formula is C41H66O17. The molecule has 6 aliphatic rings. The van der Waals surface area contributed by atoms with Crippen LogP contribution in [0, 0.1) is 28.1 Å². The second-order valence-electron chi connectivity index (χ2n) is 18.3. The van der Waals surface area contributed by atoms with Gasteiger partial charge in [0.15, 0.2) is 24.5 Å². The van der Waals surface area contributed by atoms with Gasteiger partial charge < -0.3 is 74.4 Å². The van der Waals surface area contributed by atoms with Gasteiger partial charge in [0.25, 0.3) is 0 Å². The number of hydrogen-bond donors (Lipinski definition) is 9. The standard InChI is InChI=1S/C41H66O17/c1-21(17-42)16-41-12-6-4-5-8-28(41)39(2)10-7-11-40(3,27(39)9-13-41)38(52)58-37-35(57-36-33(51)32(50)30(48)25(18-43)54-36)34(31(49)26(19-44)55-37)56-29-15-24(47)23(46)14-22(45)20-53-29/h22-23,25-37,42-46,48-51H,1,4-20H2,2-3H3/t22?,23-,25-,26-,27+,28-,29?,30-,31-,32+,33-,34+,35-,36+,37+,39-,40-,41-/m1/s1. The van der Waals surface area contributed by atoms with Gasteiger partial charge in [0.05, 0.1) is 44.4 Å². The van der Waals surface area contributed by atoms with Crippen LogP contribution in [0.3, 0.4) is 0 Å². The highest BCUT2D eigenvalue weighted by molar-refractivity contribution is 5.83. The molecule has 9 N–H and O–H groups in total. The van der Waals surface area contributed by atoms with Crippen molar-refractivity contribution in [2.45, 2.75) is 177 Å². The van der Waals surface area contributed by atoms with Crippen LogP contribution in [0.4, 0.5) is 0 Å². The lowest BCUT2D eigenvalue weighted by atomic mass is 9.41. The van der Waals surface area contributed by atoms with Gasteiger partial charge in [-0.25, -0.2) is 0 Å². The van der Waals surface area contributed by atoms with Crippen LogP contribution in [0.15, 0.2) is 12.2 Å². The van der Waals surface area contributed by atoms with Crippen molar-refractivity contribution in [2.24, 2.45) is 28.1 Å². The quantitative estimate of drug-likeness (QED) is 0.0957. The van der Waals surface area contributed by atoms with E-state index in [0.717, 1.165) is 69.8 Å². The first-order valence-corrected chi connectivity index (χ1v) is 21.1. The molecule has 2 unspecified atom stereocenters. The van der Waals surface area contributed by atoms with Crippen molar-refractivity contribution in [2.75, 3.05) is 26.4 Å². The summed E-state index contributed by atoms with van der Waals surface area (Å²) in [6.07, 6.45) is -12.4. The summed E-state index contributed by atoms with van der Waals surface area (Å²) in [6, 6.07) is 0. The molecule has 3 heterocycles. The second-order valence-corrected chi connectivity index (χ2v) is 18.3. The number of aliphatic hydroxyl groups is 9. The summed E-state index contributed by atoms with van der Waals surface area (Å²) >= 11 is 0. The first-order chi connectivity index (χ1) is 27.5. The molecule has 332 valence electrons. The predicted octanol–water partition coefficient (Wildman–Crippen LogP) is -0.283. The Morgan fingerprint density at radius 2 is 1.48 bits per heavy atom. The Kier molecular flexibility index (Phi) is 14.8. The van der Waals surface area contributed by atoms with E-state index >= 15 is 0 Å². The maximum atomic E-state index is 14.9. The highest BCUT2D eigenvalue weighted by Gasteiger charge is 2.63. The van der Waals surface area contributed by atoms with Gasteiger partial charge in [-0.1, -0.05) is 44.8 Å². The van der Waals surface area contributed by atoms with Gasteiger partial charge in [-0.3, -0.25) is 9.59 Å². The lowest BCUT2D eigenvalue weighted by Crippen LogP contribution is -2.66. The summed E-state index contributed by atoms with van der Waals surface area (Å²) < 4.78 is 35.9. The highest BCUT2D eigenvalue weighted by Crippen LogP contribution is 2.68. The van der Waals surface area contributed by atoms with Crippen LogP contribution in [0.25, 0.3) is 0 Å². The zero-order chi connectivity index (χ0) is 42.2. The minimum Gasteiger partial charge on any atom is -0.432 e. The average molecular weight is 831 g/mol. The van der Waals surface area contributed by atoms with Crippen LogP contribution in [0.1, 0.15) is 97.3 Å². The molecule has 18 atom stereocenters. The third-order valence-electron chi connectivity index (χ3n) is 14.6. The van der Waals surface area contributed by atoms with Crippen molar-refractivity contribution >= 4 is 11.8 Å². The summed E-state index contributed by atoms with van der Waals surface area (Å²) in [4.78, 5) is 27.7. The maximum absolute atomic E-state index is 14.9. The summed E-state index contributed by atoms with van der Waals surface area (Å²) in [5.74, 6) is -1.21. The molecule has 0 aromatic rings. The van der Waals surface area contributed by atoms with Crippen molar-refractivity contribution in [1.29, 1.82) is 0 Å². The van der Waals surface area contributed by atoms with E-state index in [4.69, 9.17) is 28.4 Å². The highest BCUT2D eigenvalue weighted by atomic mass is 16.8. The number of ketones is 1. The Morgan fingerprint density at radius 3 is 2.19 bits per heavy atom. The minimum atomic E-state index is -1.92. The molecule has 17 nitrogen and oxygen atoms in total. The average Bonchev–Trinajstić information content (AvgIpc) is 3.41. The Hall–Kier alpha value is -1.68. The van der Waals surface area contributed by atoms with Crippen molar-refractivity contribution < 1.29 is 84.0 Å². The smallest absolute Gasteiger partial charge is 0.314 e. The molecular weight excluding hydrogens is 764 g/mol. The van der Waals surface area contributed by atoms with E-state index < -0.39 is 117 Å². The fraction of sp³-hybridized carbons (Fsp3) is 0.902. The number of hydrogen-bond acceptors (Lipinski definition) is 17. The first kappa shape index (κ1) is 45.8. The van der Waals surface area contributed by atoms with Gasteiger partial charge in [0.1, 0.15) is 48.8 Å². The number of carbonyl (C=O) groups excluding carboxylic acids is 2. The van der Waals surface area contributed by atoms with E-state index in [0.29, 0.717) is 6.42 Å². The van der Waals surface area contributed by atoms with Crippen LogP contribution in [-0.4, -0.2) is 164 Å². The molecule has 3 saturated heterocycles. The number of Topliss-reactive ketones (excluding diaryl/α,β-unsaturated/α-hetero) is 1. The van der Waals surface area contributed by atoms with Gasteiger partial charge in [0, 0.05) is 6.42 Å². The van der Waals surface area contributed by atoms with Crippen LogP contribution in [-0.2, 0) is 38.0 Å². The lowest BCUT2D eigenvalue weighted by molar-refractivity contribution is -0.376. The molecule has 0 radical (unpaired) electrons. The van der Waals surface area contributed by atoms with Crippen LogP contribution >= 0.6 is 0 Å². The largest absolute Gasteiger partial charge is 0.432 e. The number of aliphatic hydroxyl groups excluding tert-OH is 9. The van der Waals surface area contributed by atoms with Crippen LogP contribution in [0.5, 0.6) is 0 Å². The van der Waals surface area contributed by atoms with E-state index in [-0.39, 0.29) is 42.3 Å². The van der Waals surface area contributed by atoms with Gasteiger partial charge >= 0.3 is 5.97 Å². The van der Waals surface area contributed by atoms with Crippen molar-refractivity contribution in [1.82, 2.24) is 0 Å². The zero-order valence-electron chi connectivity index (χ0n) is 33.7. The number of ether oxygens (including phenoxy) is 6. The van der Waals surface area contributed by atoms with Crippen molar-refractivity contribution in [3.63, 3.8) is 0 Å². The number of fused-ring (bicyclic) bond motifs is 3. The maximum Gasteiger partial charge on any atom is 0.314 e. The minimum absolute atomic E-state index is 0.0534. The fourth-order valence-corrected chi connectivity index (χ4v) is 11.6. The molecule has 6 rings (SSSR count). The normalized spacial score (nSPS) is 47.8. The molecule has 0 aromatic heterocycles. The summed E-state index contributed by atoms with van der Waals surface area (Å²) in [5.41, 5.74) is -0.552. The Balaban J connectivity index is 1.32. The van der Waals surface area contributed by atoms with E-state index in [9.17, 15) is 55.5 Å². The molecule has 0 spiro atoms. The molecule has 3 saturated carbocycles. The first-order valence-electron chi connectivity index (χ1n) is 21.1. The Bertz CT molecular complexity index is 1430. The Labute approximate surface area is 339 Å². The SMILES string of the molecule is C=C(CO)C[C@]12CCCCC[C@@H]1[C@]1(C)CCC[C@@](C)(C(=O)O[C@@H]3O[C@H](CO)[C@@H](O)[C@H](OC4CC(=O)[C@H](O)CC(O)CO4)[C@H]3O[C@@H]3O[C@H](CO)[C@@H](O)[C@H](O)[C@H]3O)[C@H]1CC2. The van der Waals surface area contributed by atoms with Gasteiger partial charge in [-0.15, -0.1) is 0 Å². The summed E-state index contributed by atoms with van der Waals surface area (Å²) in [5, 5.41) is 94.5. The second kappa shape index (κ2) is 18.7. The van der Waals surface area contributed by atoms with Gasteiger partial charge in [-0.2, -0.15) is 0 Å². The van der Waals surface area contributed by atoms with E-state index in [1.165, 1.54) is 0 Å². The van der Waals surface area contributed by atoms with Crippen LogP contribution in [0.2, 0.25) is 0 Å². The summed E-state index contributed by atoms with van der Waals surface area (Å²) in [6.45, 7) is 6.35. The fourth-order valence-electron chi connectivity index (χ4n) is 11.6. The monoisotopic (exact) mass is 830 g/mol. The third kappa shape index (κ3) is 8.96. The lowest BCUT2D eigenvalue weighted by Gasteiger charge is -2.63. The van der Waals surface area contributed by atoms with Crippen LogP contribution < -0.4 is 0 Å². The van der Waals surface area contributed by atoms with Gasteiger partial charge in [-0.05, 0) is 74.5 Å². The molecule has 3 aliphatic heterocycles. The van der Waals surface area contributed by atoms with Crippen molar-refractivity contribution in [3.8, 4) is 0 Å². The van der Waals surface area contributed by atoms with Gasteiger partial charge in [0.2, 0.25) is 6.29 Å². The molecule has 0 aromatic carbocycles. The number of rotatable bonds is 11. The van der Waals surface area contributed by atoms with E-state index in [1.54, 1.807) is 0 Å². The zero-order valence-corrected chi connectivity index (χ0v) is 33.7. The molecule has 58 heavy (non-hydrogen) atoms. The third-order valence-corrected chi connectivity index (χ3v) is 14.6. The number of carbonyl (C=O) groups is 2. The van der Waals surface area contributed by atoms with Crippen molar-refractivity contribution in [3.05, 3.63) is 12.2 Å².